The number of carbonyl (C=O) groups excluding carboxylic acids is 2. The molecule has 64 heavy (non-hydrogen) atoms. The number of benzene rings is 7. The third-order valence-corrected chi connectivity index (χ3v) is 11.2. The summed E-state index contributed by atoms with van der Waals surface area (Å²) in [4.78, 5) is 47.4. The molecule has 8 heteroatoms. The number of esters is 2. The standard InChI is InChI=1S/C56H34N4O4/c61-55(63-45-12-6-2-7-13-45)41-22-16-36(17-23-41)48-29-25-38-19-21-40-27-31-50(60-54(40)52(38)58-48)43-32-42(33-44(34-43)56(62)64-46-14-8-3-9-15-46)49-30-26-39-20-18-37-24-28-47(35-10-4-1-5-11-35)57-51(37)53(39)59-49/h1-34H. The van der Waals surface area contributed by atoms with E-state index in [1.165, 1.54) is 0 Å². The highest BCUT2D eigenvalue weighted by atomic mass is 16.5. The second-order valence-corrected chi connectivity index (χ2v) is 15.4. The number of aromatic nitrogens is 4. The monoisotopic (exact) mass is 826 g/mol. The van der Waals surface area contributed by atoms with Gasteiger partial charge in [0.05, 0.1) is 56.0 Å². The Kier molecular flexibility index (Phi) is 9.63. The Morgan fingerprint density at radius 2 is 0.625 bits per heavy atom. The molecule has 0 radical (unpaired) electrons. The lowest BCUT2D eigenvalue weighted by Crippen LogP contribution is -2.09. The molecule has 0 spiro atoms. The van der Waals surface area contributed by atoms with Crippen LogP contribution in [0.15, 0.2) is 206 Å². The molecule has 4 heterocycles. The first kappa shape index (κ1) is 38.1. The van der Waals surface area contributed by atoms with Crippen LogP contribution < -0.4 is 9.47 Å². The molecule has 0 N–H and O–H groups in total. The SMILES string of the molecule is O=C(Oc1ccccc1)c1ccc(-c2ccc3ccc4ccc(-c5cc(C(=O)Oc6ccccc6)cc(-c6ccc7ccc8ccc(-c9ccccc9)nc8c7n6)c5)nc4c3n2)cc1. The van der Waals surface area contributed by atoms with E-state index in [2.05, 4.69) is 18.2 Å². The van der Waals surface area contributed by atoms with E-state index >= 15 is 0 Å². The van der Waals surface area contributed by atoms with Gasteiger partial charge in [-0.1, -0.05) is 127 Å². The first-order valence-corrected chi connectivity index (χ1v) is 20.8. The number of hydrogen-bond donors (Lipinski definition) is 0. The summed E-state index contributed by atoms with van der Waals surface area (Å²) in [6.45, 7) is 0. The molecule has 0 aliphatic carbocycles. The number of fused-ring (bicyclic) bond motifs is 6. The molecule has 0 fully saturated rings. The molecular weight excluding hydrogens is 793 g/mol. The van der Waals surface area contributed by atoms with Crippen LogP contribution in [0.4, 0.5) is 0 Å². The number of hydrogen-bond acceptors (Lipinski definition) is 8. The summed E-state index contributed by atoms with van der Waals surface area (Å²) in [7, 11) is 0. The Morgan fingerprint density at radius 1 is 0.297 bits per heavy atom. The largest absolute Gasteiger partial charge is 0.423 e. The van der Waals surface area contributed by atoms with Gasteiger partial charge in [0.1, 0.15) is 11.5 Å². The second kappa shape index (κ2) is 16.2. The second-order valence-electron chi connectivity index (χ2n) is 15.4. The highest BCUT2D eigenvalue weighted by molar-refractivity contribution is 6.06. The molecule has 0 bridgehead atoms. The van der Waals surface area contributed by atoms with E-state index in [-0.39, 0.29) is 0 Å². The summed E-state index contributed by atoms with van der Waals surface area (Å²) in [6.07, 6.45) is 0. The van der Waals surface area contributed by atoms with E-state index in [1.54, 1.807) is 42.5 Å². The van der Waals surface area contributed by atoms with Crippen molar-refractivity contribution in [2.75, 3.05) is 0 Å². The van der Waals surface area contributed by atoms with Gasteiger partial charge in [-0.05, 0) is 78.9 Å². The molecule has 0 atom stereocenters. The van der Waals surface area contributed by atoms with Crippen molar-refractivity contribution in [3.8, 4) is 56.5 Å². The molecule has 4 aromatic heterocycles. The Hall–Kier alpha value is -8.88. The van der Waals surface area contributed by atoms with Gasteiger partial charge in [-0.15, -0.1) is 0 Å². The summed E-state index contributed by atoms with van der Waals surface area (Å²) in [5.74, 6) is -0.0246. The van der Waals surface area contributed by atoms with E-state index in [0.29, 0.717) is 50.7 Å². The fraction of sp³-hybridized carbons (Fsp3) is 0. The van der Waals surface area contributed by atoms with Gasteiger partial charge in [-0.2, -0.15) is 0 Å². The fourth-order valence-corrected chi connectivity index (χ4v) is 7.91. The molecule has 11 aromatic rings. The van der Waals surface area contributed by atoms with Crippen LogP contribution in [0.5, 0.6) is 11.5 Å². The molecule has 0 aliphatic rings. The van der Waals surface area contributed by atoms with Crippen molar-refractivity contribution in [3.63, 3.8) is 0 Å². The predicted molar refractivity (Wildman–Crippen MR) is 252 cm³/mol. The van der Waals surface area contributed by atoms with Gasteiger partial charge in [0.2, 0.25) is 0 Å². The van der Waals surface area contributed by atoms with Gasteiger partial charge in [0, 0.05) is 43.8 Å². The highest BCUT2D eigenvalue weighted by Gasteiger charge is 2.18. The molecule has 0 aliphatic heterocycles. The highest BCUT2D eigenvalue weighted by Crippen LogP contribution is 2.34. The van der Waals surface area contributed by atoms with Crippen LogP contribution in [0.3, 0.4) is 0 Å². The van der Waals surface area contributed by atoms with Crippen molar-refractivity contribution < 1.29 is 19.1 Å². The van der Waals surface area contributed by atoms with Crippen molar-refractivity contribution in [1.82, 2.24) is 19.9 Å². The molecule has 8 nitrogen and oxygen atoms in total. The van der Waals surface area contributed by atoms with Gasteiger partial charge in [-0.3, -0.25) is 0 Å². The molecule has 11 rings (SSSR count). The van der Waals surface area contributed by atoms with Gasteiger partial charge < -0.3 is 9.47 Å². The van der Waals surface area contributed by atoms with E-state index < -0.39 is 11.9 Å². The van der Waals surface area contributed by atoms with Crippen molar-refractivity contribution >= 4 is 55.6 Å². The topological polar surface area (TPSA) is 104 Å². The minimum Gasteiger partial charge on any atom is -0.423 e. The minimum absolute atomic E-state index is 0.344. The van der Waals surface area contributed by atoms with Crippen LogP contribution in [0.2, 0.25) is 0 Å². The number of carbonyl (C=O) groups is 2. The Balaban J connectivity index is 1.00. The van der Waals surface area contributed by atoms with Crippen molar-refractivity contribution in [3.05, 3.63) is 217 Å². The van der Waals surface area contributed by atoms with Crippen LogP contribution in [0.25, 0.3) is 88.6 Å². The van der Waals surface area contributed by atoms with Crippen LogP contribution in [-0.4, -0.2) is 31.9 Å². The summed E-state index contributed by atoms with van der Waals surface area (Å²) in [5, 5.41) is 3.75. The fourth-order valence-electron chi connectivity index (χ4n) is 7.91. The lowest BCUT2D eigenvalue weighted by Gasteiger charge is -2.12. The molecule has 0 saturated carbocycles. The van der Waals surface area contributed by atoms with Crippen LogP contribution in [0.1, 0.15) is 20.7 Å². The Bertz CT molecular complexity index is 3580. The number of nitrogens with zero attached hydrogens (tertiary/aromatic N) is 4. The van der Waals surface area contributed by atoms with E-state index in [0.717, 1.165) is 60.6 Å². The zero-order chi connectivity index (χ0) is 43.0. The third kappa shape index (κ3) is 7.46. The third-order valence-electron chi connectivity index (χ3n) is 11.2. The maximum Gasteiger partial charge on any atom is 0.343 e. The maximum absolute atomic E-state index is 13.9. The van der Waals surface area contributed by atoms with Gasteiger partial charge in [-0.25, -0.2) is 29.5 Å². The molecule has 0 saturated heterocycles. The smallest absolute Gasteiger partial charge is 0.343 e. The van der Waals surface area contributed by atoms with E-state index in [9.17, 15) is 9.59 Å². The van der Waals surface area contributed by atoms with Gasteiger partial charge >= 0.3 is 11.9 Å². The van der Waals surface area contributed by atoms with Crippen molar-refractivity contribution in [1.29, 1.82) is 0 Å². The Morgan fingerprint density at radius 3 is 1.03 bits per heavy atom. The first-order chi connectivity index (χ1) is 31.5. The van der Waals surface area contributed by atoms with Gasteiger partial charge in [0.15, 0.2) is 0 Å². The molecule has 0 unspecified atom stereocenters. The quantitative estimate of drug-likeness (QED) is 0.0847. The van der Waals surface area contributed by atoms with E-state index in [4.69, 9.17) is 29.4 Å². The van der Waals surface area contributed by atoms with Crippen LogP contribution in [0, 0.1) is 0 Å². The first-order valence-electron chi connectivity index (χ1n) is 20.8. The lowest BCUT2D eigenvalue weighted by molar-refractivity contribution is 0.0725. The molecule has 302 valence electrons. The normalized spacial score (nSPS) is 11.2. The number of pyridine rings is 4. The zero-order valence-corrected chi connectivity index (χ0v) is 34.1. The maximum atomic E-state index is 13.9. The number of ether oxygens (including phenoxy) is 2. The van der Waals surface area contributed by atoms with Gasteiger partial charge in [0.25, 0.3) is 0 Å². The molecule has 0 amide bonds. The minimum atomic E-state index is -0.508. The summed E-state index contributed by atoms with van der Waals surface area (Å²) in [5.41, 5.74) is 9.91. The predicted octanol–water partition coefficient (Wildman–Crippen LogP) is 13.0. The van der Waals surface area contributed by atoms with Crippen molar-refractivity contribution in [2.24, 2.45) is 0 Å². The van der Waals surface area contributed by atoms with Crippen molar-refractivity contribution in [2.45, 2.75) is 0 Å². The van der Waals surface area contributed by atoms with E-state index in [1.807, 2.05) is 146 Å². The average molecular weight is 827 g/mol. The summed E-state index contributed by atoms with van der Waals surface area (Å²) >= 11 is 0. The number of para-hydroxylation sites is 2. The van der Waals surface area contributed by atoms with Crippen LogP contribution >= 0.6 is 0 Å². The Labute approximate surface area is 367 Å². The number of rotatable bonds is 8. The lowest BCUT2D eigenvalue weighted by atomic mass is 9.99. The average Bonchev–Trinajstić information content (AvgIpc) is 3.36. The summed E-state index contributed by atoms with van der Waals surface area (Å²) < 4.78 is 11.4. The zero-order valence-electron chi connectivity index (χ0n) is 34.1. The van der Waals surface area contributed by atoms with Crippen LogP contribution in [-0.2, 0) is 0 Å². The summed E-state index contributed by atoms with van der Waals surface area (Å²) in [6, 6.07) is 65.2. The molecule has 7 aromatic carbocycles. The molecular formula is C56H34N4O4.